The van der Waals surface area contributed by atoms with E-state index in [-0.39, 0.29) is 12.5 Å². The smallest absolute Gasteiger partial charge is 0.265 e. The number of hydrogen-bond donors (Lipinski definition) is 1. The van der Waals surface area contributed by atoms with E-state index in [1.54, 1.807) is 22.4 Å². The van der Waals surface area contributed by atoms with Gasteiger partial charge in [-0.05, 0) is 60.9 Å². The molecule has 0 fully saturated rings. The molecular weight excluding hydrogens is 346 g/mol. The van der Waals surface area contributed by atoms with Crippen LogP contribution in [0.2, 0.25) is 0 Å². The van der Waals surface area contributed by atoms with Crippen LogP contribution in [0.1, 0.15) is 28.1 Å². The zero-order valence-electron chi connectivity index (χ0n) is 14.7. The maximum atomic E-state index is 12.9. The summed E-state index contributed by atoms with van der Waals surface area (Å²) >= 11 is 1.63. The van der Waals surface area contributed by atoms with E-state index < -0.39 is 0 Å². The number of ether oxygens (including phenoxy) is 1. The summed E-state index contributed by atoms with van der Waals surface area (Å²) in [5, 5.41) is 9.00. The maximum Gasteiger partial charge on any atom is 0.265 e. The van der Waals surface area contributed by atoms with E-state index >= 15 is 0 Å². The number of nitrogens with one attached hydrogen (secondary N) is 1. The number of rotatable bonds is 6. The number of benzene rings is 1. The molecule has 0 spiro atoms. The van der Waals surface area contributed by atoms with E-state index in [2.05, 4.69) is 22.3 Å². The molecule has 0 unspecified atom stereocenters. The topological polar surface area (TPSA) is 58.2 Å². The predicted octanol–water partition coefficient (Wildman–Crippen LogP) is 3.88. The first-order chi connectivity index (χ1) is 12.7. The van der Waals surface area contributed by atoms with Crippen molar-refractivity contribution >= 4 is 22.9 Å². The van der Waals surface area contributed by atoms with Crippen molar-refractivity contribution in [3.05, 3.63) is 63.6 Å². The van der Waals surface area contributed by atoms with Crippen molar-refractivity contribution in [2.75, 3.05) is 11.5 Å². The summed E-state index contributed by atoms with van der Waals surface area (Å²) < 4.78 is 5.81. The molecule has 6 heteroatoms. The molecule has 1 aliphatic carbocycles. The zero-order valence-corrected chi connectivity index (χ0v) is 15.5. The van der Waals surface area contributed by atoms with Crippen LogP contribution in [-0.2, 0) is 24.2 Å². The first-order valence-corrected chi connectivity index (χ1v) is 9.66. The van der Waals surface area contributed by atoms with E-state index in [4.69, 9.17) is 4.74 Å². The number of nitrogens with zero attached hydrogens (tertiary/aromatic N) is 2. The SMILES string of the molecule is Cc1n[nH]cc1N(Cc1cccs1)C(=O)COc1ccc2c(c1)CCC2. The minimum Gasteiger partial charge on any atom is -0.484 e. The minimum atomic E-state index is -0.0802. The van der Waals surface area contributed by atoms with Gasteiger partial charge in [-0.2, -0.15) is 5.10 Å². The first kappa shape index (κ1) is 16.8. The molecule has 4 rings (SSSR count). The molecule has 1 N–H and O–H groups in total. The van der Waals surface area contributed by atoms with Crippen LogP contribution in [0.4, 0.5) is 5.69 Å². The predicted molar refractivity (Wildman–Crippen MR) is 103 cm³/mol. The number of carbonyl (C=O) groups is 1. The van der Waals surface area contributed by atoms with Crippen molar-refractivity contribution in [3.8, 4) is 5.75 Å². The Morgan fingerprint density at radius 2 is 2.19 bits per heavy atom. The van der Waals surface area contributed by atoms with Crippen molar-refractivity contribution in [3.63, 3.8) is 0 Å². The van der Waals surface area contributed by atoms with Gasteiger partial charge in [0, 0.05) is 11.1 Å². The van der Waals surface area contributed by atoms with E-state index in [1.165, 1.54) is 17.5 Å². The average Bonchev–Trinajstić information content (AvgIpc) is 3.39. The van der Waals surface area contributed by atoms with Crippen molar-refractivity contribution in [1.82, 2.24) is 10.2 Å². The van der Waals surface area contributed by atoms with Gasteiger partial charge in [0.2, 0.25) is 0 Å². The number of amides is 1. The van der Waals surface area contributed by atoms with Crippen LogP contribution >= 0.6 is 11.3 Å². The van der Waals surface area contributed by atoms with Crippen molar-refractivity contribution in [1.29, 1.82) is 0 Å². The fourth-order valence-corrected chi connectivity index (χ4v) is 4.04. The van der Waals surface area contributed by atoms with Crippen LogP contribution in [0, 0.1) is 6.92 Å². The summed E-state index contributed by atoms with van der Waals surface area (Å²) in [5.41, 5.74) is 4.33. The fraction of sp³-hybridized carbons (Fsp3) is 0.300. The van der Waals surface area contributed by atoms with Crippen molar-refractivity contribution < 1.29 is 9.53 Å². The fourth-order valence-electron chi connectivity index (χ4n) is 3.35. The summed E-state index contributed by atoms with van der Waals surface area (Å²) in [4.78, 5) is 15.7. The third-order valence-electron chi connectivity index (χ3n) is 4.72. The van der Waals surface area contributed by atoms with Gasteiger partial charge in [0.05, 0.1) is 17.9 Å². The Balaban J connectivity index is 1.48. The first-order valence-electron chi connectivity index (χ1n) is 8.78. The van der Waals surface area contributed by atoms with Gasteiger partial charge in [0.25, 0.3) is 5.91 Å². The quantitative estimate of drug-likeness (QED) is 0.719. The Labute approximate surface area is 156 Å². The minimum absolute atomic E-state index is 0.00871. The molecule has 2 heterocycles. The second-order valence-electron chi connectivity index (χ2n) is 6.49. The number of fused-ring (bicyclic) bond motifs is 1. The summed E-state index contributed by atoms with van der Waals surface area (Å²) in [6.07, 6.45) is 5.20. The van der Waals surface area contributed by atoms with Crippen LogP contribution < -0.4 is 9.64 Å². The Morgan fingerprint density at radius 1 is 1.31 bits per heavy atom. The number of H-pyrrole nitrogens is 1. The molecule has 134 valence electrons. The number of anilines is 1. The molecular formula is C20H21N3O2S. The monoisotopic (exact) mass is 367 g/mol. The van der Waals surface area contributed by atoms with Crippen LogP contribution in [0.15, 0.2) is 41.9 Å². The van der Waals surface area contributed by atoms with E-state index in [0.29, 0.717) is 6.54 Å². The second kappa shape index (κ2) is 7.33. The van der Waals surface area contributed by atoms with Gasteiger partial charge in [0.15, 0.2) is 6.61 Å². The lowest BCUT2D eigenvalue weighted by Crippen LogP contribution is -2.34. The summed E-state index contributed by atoms with van der Waals surface area (Å²) in [6.45, 7) is 2.42. The molecule has 0 radical (unpaired) electrons. The molecule has 2 aromatic heterocycles. The molecule has 1 aliphatic rings. The van der Waals surface area contributed by atoms with E-state index in [1.807, 2.05) is 30.5 Å². The standard InChI is InChI=1S/C20H21N3O2S/c1-14-19(11-21-22-14)23(12-18-6-3-9-26-18)20(24)13-25-17-8-7-15-4-2-5-16(15)10-17/h3,6-11H,2,4-5,12-13H2,1H3,(H,21,22). The number of aromatic nitrogens is 2. The number of aryl methyl sites for hydroxylation is 3. The highest BCUT2D eigenvalue weighted by Gasteiger charge is 2.21. The molecule has 26 heavy (non-hydrogen) atoms. The number of hydrogen-bond acceptors (Lipinski definition) is 4. The van der Waals surface area contributed by atoms with Crippen LogP contribution in [0.25, 0.3) is 0 Å². The summed E-state index contributed by atoms with van der Waals surface area (Å²) in [5.74, 6) is 0.683. The zero-order chi connectivity index (χ0) is 17.9. The normalized spacial score (nSPS) is 12.8. The Morgan fingerprint density at radius 3 is 2.96 bits per heavy atom. The lowest BCUT2D eigenvalue weighted by Gasteiger charge is -2.21. The molecule has 0 aliphatic heterocycles. The van der Waals surface area contributed by atoms with Gasteiger partial charge < -0.3 is 9.64 Å². The maximum absolute atomic E-state index is 12.9. The van der Waals surface area contributed by atoms with Gasteiger partial charge >= 0.3 is 0 Å². The third-order valence-corrected chi connectivity index (χ3v) is 5.58. The van der Waals surface area contributed by atoms with Crippen molar-refractivity contribution in [2.24, 2.45) is 0 Å². The van der Waals surface area contributed by atoms with Gasteiger partial charge in [-0.3, -0.25) is 9.89 Å². The van der Waals surface area contributed by atoms with Gasteiger partial charge in [-0.1, -0.05) is 12.1 Å². The number of carbonyl (C=O) groups excluding carboxylic acids is 1. The van der Waals surface area contributed by atoms with Crippen LogP contribution in [0.3, 0.4) is 0 Å². The third kappa shape index (κ3) is 3.51. The summed E-state index contributed by atoms with van der Waals surface area (Å²) in [7, 11) is 0. The molecule has 0 saturated heterocycles. The van der Waals surface area contributed by atoms with E-state index in [0.717, 1.165) is 34.8 Å². The van der Waals surface area contributed by atoms with Crippen LogP contribution in [0.5, 0.6) is 5.75 Å². The van der Waals surface area contributed by atoms with Gasteiger partial charge in [0.1, 0.15) is 5.75 Å². The highest BCUT2D eigenvalue weighted by Crippen LogP contribution is 2.26. The molecule has 1 aromatic carbocycles. The highest BCUT2D eigenvalue weighted by molar-refractivity contribution is 7.09. The van der Waals surface area contributed by atoms with Crippen molar-refractivity contribution in [2.45, 2.75) is 32.7 Å². The molecule has 0 bridgehead atoms. The number of thiophene rings is 1. The molecule has 5 nitrogen and oxygen atoms in total. The number of aromatic amines is 1. The molecule has 0 saturated carbocycles. The second-order valence-corrected chi connectivity index (χ2v) is 7.52. The Bertz CT molecular complexity index is 902. The van der Waals surface area contributed by atoms with Gasteiger partial charge in [-0.25, -0.2) is 0 Å². The Kier molecular flexibility index (Phi) is 4.75. The highest BCUT2D eigenvalue weighted by atomic mass is 32.1. The van der Waals surface area contributed by atoms with Gasteiger partial charge in [-0.15, -0.1) is 11.3 Å². The Hall–Kier alpha value is -2.60. The average molecular weight is 367 g/mol. The molecule has 0 atom stereocenters. The van der Waals surface area contributed by atoms with E-state index in [9.17, 15) is 4.79 Å². The molecule has 3 aromatic rings. The molecule has 1 amide bonds. The van der Waals surface area contributed by atoms with Crippen LogP contribution in [-0.4, -0.2) is 22.7 Å². The lowest BCUT2D eigenvalue weighted by molar-refractivity contribution is -0.120. The largest absolute Gasteiger partial charge is 0.484 e. The summed E-state index contributed by atoms with van der Waals surface area (Å²) in [6, 6.07) is 10.2. The lowest BCUT2D eigenvalue weighted by atomic mass is 10.1.